The molecule has 1 nitrogen and oxygen atoms in total. The van der Waals surface area contributed by atoms with E-state index in [0.717, 1.165) is 11.0 Å². The molecule has 14 heavy (non-hydrogen) atoms. The van der Waals surface area contributed by atoms with Gasteiger partial charge in [0.15, 0.2) is 0 Å². The van der Waals surface area contributed by atoms with Crippen molar-refractivity contribution in [3.05, 3.63) is 48.1 Å². The number of ketones is 1. The predicted octanol–water partition coefficient (Wildman–Crippen LogP) is 0.724. The summed E-state index contributed by atoms with van der Waals surface area (Å²) in [6.45, 7) is 2.12. The van der Waals surface area contributed by atoms with Crippen LogP contribution < -0.4 is 5.46 Å². The zero-order valence-corrected chi connectivity index (χ0v) is 7.53. The zero-order chi connectivity index (χ0) is 9.54. The number of fused-ring (bicyclic) bond motifs is 3. The van der Waals surface area contributed by atoms with Crippen LogP contribution in [0.5, 0.6) is 0 Å². The van der Waals surface area contributed by atoms with Gasteiger partial charge in [-0.3, -0.25) is 0 Å². The molecule has 0 radical (unpaired) electrons. The maximum absolute atomic E-state index is 11.2. The van der Waals surface area contributed by atoms with Crippen molar-refractivity contribution in [2.75, 3.05) is 0 Å². The van der Waals surface area contributed by atoms with Gasteiger partial charge in [0.25, 0.3) is 0 Å². The average molecular weight is 178 g/mol. The van der Waals surface area contributed by atoms with Crippen LogP contribution in [0.2, 0.25) is 0 Å². The zero-order valence-electron chi connectivity index (χ0n) is 7.53. The predicted molar refractivity (Wildman–Crippen MR) is 59.0 cm³/mol. The summed E-state index contributed by atoms with van der Waals surface area (Å²) in [5, 5.41) is 0. The summed E-state index contributed by atoms with van der Waals surface area (Å²) in [5.74, 6) is 0.0776. The molecule has 0 N–H and O–H groups in total. The second kappa shape index (κ2) is 2.64. The van der Waals surface area contributed by atoms with E-state index >= 15 is 0 Å². The van der Waals surface area contributed by atoms with Gasteiger partial charge in [0.2, 0.25) is 0 Å². The van der Waals surface area contributed by atoms with Crippen molar-refractivity contribution >= 4 is 29.2 Å². The molecule has 0 amide bonds. The molecule has 0 saturated heterocycles. The van der Waals surface area contributed by atoms with E-state index in [1.165, 1.54) is 11.0 Å². The number of carbonyl (C=O) groups is 1. The van der Waals surface area contributed by atoms with Gasteiger partial charge in [0, 0.05) is 0 Å². The Hall–Kier alpha value is -1.70. The van der Waals surface area contributed by atoms with Crippen LogP contribution in [0.25, 0.3) is 5.57 Å². The van der Waals surface area contributed by atoms with Gasteiger partial charge in [0.05, 0.1) is 0 Å². The molecule has 1 aromatic rings. The standard InChI is InChI=1S/C12H7BO/c14-8-5-6-12-10(7-8)9-3-1-2-4-11(9)13-12/h1-7H. The van der Waals surface area contributed by atoms with Gasteiger partial charge in [0.1, 0.15) is 0 Å². The van der Waals surface area contributed by atoms with E-state index in [1.807, 2.05) is 18.2 Å². The van der Waals surface area contributed by atoms with Crippen LogP contribution in [-0.4, -0.2) is 18.2 Å². The number of hydrogen-bond donors (Lipinski definition) is 0. The quantitative estimate of drug-likeness (QED) is 0.535. The Bertz CT molecular complexity index is 521. The van der Waals surface area contributed by atoms with Crippen molar-refractivity contribution in [2.45, 2.75) is 0 Å². The van der Waals surface area contributed by atoms with Crippen molar-refractivity contribution in [2.24, 2.45) is 0 Å². The van der Waals surface area contributed by atoms with E-state index in [1.54, 1.807) is 12.2 Å². The Kier molecular flexibility index (Phi) is 1.45. The van der Waals surface area contributed by atoms with Crippen molar-refractivity contribution in [3.8, 4) is 0 Å². The molecule has 1 heterocycles. The Morgan fingerprint density at radius 2 is 1.93 bits per heavy atom. The molecular formula is C12H7BO. The van der Waals surface area contributed by atoms with Crippen LogP contribution >= 0.6 is 0 Å². The number of benzene rings is 1. The van der Waals surface area contributed by atoms with Gasteiger partial charge in [-0.15, -0.1) is 0 Å². The molecule has 2 aliphatic rings. The van der Waals surface area contributed by atoms with Gasteiger partial charge in [-0.1, -0.05) is 0 Å². The first kappa shape index (κ1) is 7.68. The normalized spacial score (nSPS) is 16.7. The molecule has 0 atom stereocenters. The van der Waals surface area contributed by atoms with Gasteiger partial charge in [-0.25, -0.2) is 0 Å². The molecule has 0 spiro atoms. The van der Waals surface area contributed by atoms with Crippen molar-refractivity contribution in [1.82, 2.24) is 0 Å². The summed E-state index contributed by atoms with van der Waals surface area (Å²) in [5.41, 5.74) is 4.58. The Morgan fingerprint density at radius 3 is 2.86 bits per heavy atom. The van der Waals surface area contributed by atoms with Gasteiger partial charge in [-0.05, 0) is 0 Å². The number of hydrogen-bond acceptors (Lipinski definition) is 1. The summed E-state index contributed by atoms with van der Waals surface area (Å²) in [6, 6.07) is 8.13. The van der Waals surface area contributed by atoms with Crippen LogP contribution in [0.1, 0.15) is 5.56 Å². The molecule has 2 heteroatoms. The molecular weight excluding hydrogens is 171 g/mol. The Balaban J connectivity index is 2.27. The van der Waals surface area contributed by atoms with Crippen molar-refractivity contribution < 1.29 is 4.79 Å². The molecule has 0 aromatic heterocycles. The third-order valence-corrected chi connectivity index (χ3v) is 2.59. The summed E-state index contributed by atoms with van der Waals surface area (Å²) >= 11 is 0. The second-order valence-corrected chi connectivity index (χ2v) is 3.48. The van der Waals surface area contributed by atoms with Crippen molar-refractivity contribution in [3.63, 3.8) is 0 Å². The molecule has 0 fully saturated rings. The van der Waals surface area contributed by atoms with Crippen LogP contribution in [0.4, 0.5) is 0 Å². The van der Waals surface area contributed by atoms with Crippen LogP contribution in [0.3, 0.4) is 0 Å². The third-order valence-electron chi connectivity index (χ3n) is 2.59. The topological polar surface area (TPSA) is 17.1 Å². The van der Waals surface area contributed by atoms with Gasteiger partial charge < -0.3 is 0 Å². The van der Waals surface area contributed by atoms with Crippen LogP contribution in [0, 0.1) is 0 Å². The number of rotatable bonds is 0. The first-order valence-electron chi connectivity index (χ1n) is 4.60. The fourth-order valence-electron chi connectivity index (χ4n) is 1.93. The van der Waals surface area contributed by atoms with E-state index in [2.05, 4.69) is 19.1 Å². The summed E-state index contributed by atoms with van der Waals surface area (Å²) < 4.78 is 0. The van der Waals surface area contributed by atoms with Crippen LogP contribution in [0.15, 0.2) is 42.5 Å². The Morgan fingerprint density at radius 1 is 1.07 bits per heavy atom. The SMILES string of the molecule is O=C1C=CC2=Bc3ccccc3C2=C1. The van der Waals surface area contributed by atoms with Gasteiger partial charge in [-0.2, -0.15) is 0 Å². The minimum atomic E-state index is 0.0776. The van der Waals surface area contributed by atoms with E-state index < -0.39 is 0 Å². The van der Waals surface area contributed by atoms with E-state index in [9.17, 15) is 4.79 Å². The second-order valence-electron chi connectivity index (χ2n) is 3.48. The molecule has 0 bridgehead atoms. The molecule has 1 aliphatic carbocycles. The fraction of sp³-hybridized carbons (Fsp3) is 0. The van der Waals surface area contributed by atoms with Crippen LogP contribution in [-0.2, 0) is 4.79 Å². The molecule has 3 rings (SSSR count). The van der Waals surface area contributed by atoms with Gasteiger partial charge >= 0.3 is 82.1 Å². The number of carbonyl (C=O) groups excluding carboxylic acids is 1. The molecule has 1 aliphatic heterocycles. The summed E-state index contributed by atoms with van der Waals surface area (Å²) in [6.07, 6.45) is 5.20. The first-order chi connectivity index (χ1) is 6.84. The first-order valence-corrected chi connectivity index (χ1v) is 4.60. The molecule has 64 valence electrons. The van der Waals surface area contributed by atoms with E-state index in [0.29, 0.717) is 0 Å². The molecule has 0 unspecified atom stereocenters. The fourth-order valence-corrected chi connectivity index (χ4v) is 1.93. The van der Waals surface area contributed by atoms with Crippen molar-refractivity contribution in [1.29, 1.82) is 0 Å². The summed E-state index contributed by atoms with van der Waals surface area (Å²) in [4.78, 5) is 11.2. The molecule has 0 saturated carbocycles. The average Bonchev–Trinajstić information content (AvgIpc) is 2.56. The number of allylic oxidation sites excluding steroid dienone is 4. The van der Waals surface area contributed by atoms with E-state index in [4.69, 9.17) is 0 Å². The Labute approximate surface area is 82.7 Å². The monoisotopic (exact) mass is 178 g/mol. The third kappa shape index (κ3) is 0.972. The maximum atomic E-state index is 11.2. The molecule has 1 aromatic carbocycles. The van der Waals surface area contributed by atoms with E-state index in [-0.39, 0.29) is 5.78 Å². The summed E-state index contributed by atoms with van der Waals surface area (Å²) in [7, 11) is 0. The minimum absolute atomic E-state index is 0.0776.